The smallest absolute Gasteiger partial charge is 0.309 e. The van der Waals surface area contributed by atoms with Crippen molar-refractivity contribution >= 4 is 52.8 Å². The summed E-state index contributed by atoms with van der Waals surface area (Å²) in [6.07, 6.45) is 7.04. The van der Waals surface area contributed by atoms with Crippen LogP contribution in [0, 0.1) is 29.1 Å². The van der Waals surface area contributed by atoms with Gasteiger partial charge < -0.3 is 52.5 Å². The Balaban J connectivity index is 1.88. The van der Waals surface area contributed by atoms with Gasteiger partial charge in [-0.3, -0.25) is 38.4 Å². The monoisotopic (exact) mass is 955 g/mol. The van der Waals surface area contributed by atoms with Crippen LogP contribution in [0.3, 0.4) is 0 Å². The number of aliphatic hydroxyl groups excluding tert-OH is 2. The normalized spacial score (nSPS) is 25.5. The molecule has 2 aliphatic heterocycles. The van der Waals surface area contributed by atoms with Gasteiger partial charge >= 0.3 is 5.97 Å². The maximum atomic E-state index is 14.5. The molecule has 2 aliphatic rings. The first-order valence-corrected chi connectivity index (χ1v) is 24.7. The second-order valence-electron chi connectivity index (χ2n) is 19.2. The standard InChI is InChI=1S/C50H78N6O12/c1-6-29(2)43-39(60)25-34(24-33-20-22-35(58)23-21-33)47(64)56-44(32(5)57)48(65)53-38(28-41(52)61)46(63)37-27-40(68-50(67)31(37)4)45(49(66)55-43)54-42(62)26-36(59)19-17-15-13-11-9-7-8-10-12-14-16-18-30(3)51/h20-23,29,31-32,34,36-38,40,43-45,51,57-59H,6-19,24-28H2,1-5H3,(H2,52,61)(H,53,65)(H,54,62)(H,55,66)(H,56,64). The van der Waals surface area contributed by atoms with Crippen LogP contribution in [-0.4, -0.2) is 111 Å². The van der Waals surface area contributed by atoms with E-state index in [-0.39, 0.29) is 18.6 Å². The summed E-state index contributed by atoms with van der Waals surface area (Å²) in [5.41, 5.74) is 6.78. The molecule has 3 rings (SSSR count). The highest BCUT2D eigenvalue weighted by molar-refractivity contribution is 6.00. The molecular weight excluding hydrogens is 877 g/mol. The van der Waals surface area contributed by atoms with Crippen molar-refractivity contribution in [3.8, 4) is 5.75 Å². The fourth-order valence-corrected chi connectivity index (χ4v) is 8.91. The molecule has 2 heterocycles. The highest BCUT2D eigenvalue weighted by atomic mass is 16.5. The molecule has 11 atom stereocenters. The van der Waals surface area contributed by atoms with Gasteiger partial charge in [-0.1, -0.05) is 104 Å². The van der Waals surface area contributed by atoms with Crippen LogP contribution in [0.4, 0.5) is 0 Å². The summed E-state index contributed by atoms with van der Waals surface area (Å²) in [6.45, 7) is 7.95. The summed E-state index contributed by atoms with van der Waals surface area (Å²) < 4.78 is 5.72. The molecule has 11 unspecified atom stereocenters. The van der Waals surface area contributed by atoms with Gasteiger partial charge in [0.05, 0.1) is 43.1 Å². The molecule has 1 aromatic rings. The number of esters is 1. The van der Waals surface area contributed by atoms with Gasteiger partial charge in [0.25, 0.3) is 0 Å². The molecule has 5 amide bonds. The third-order valence-corrected chi connectivity index (χ3v) is 13.3. The second-order valence-corrected chi connectivity index (χ2v) is 19.2. The first-order valence-electron chi connectivity index (χ1n) is 24.7. The van der Waals surface area contributed by atoms with Gasteiger partial charge in [-0.15, -0.1) is 0 Å². The minimum Gasteiger partial charge on any atom is -0.508 e. The molecule has 2 fully saturated rings. The Kier molecular flexibility index (Phi) is 24.3. The molecule has 10 N–H and O–H groups in total. The van der Waals surface area contributed by atoms with Gasteiger partial charge in [0.1, 0.15) is 23.9 Å². The third kappa shape index (κ3) is 19.0. The number of hydrogen-bond acceptors (Lipinski definition) is 13. The van der Waals surface area contributed by atoms with Crippen LogP contribution >= 0.6 is 0 Å². The number of ether oxygens (including phenoxy) is 1. The van der Waals surface area contributed by atoms with Crippen molar-refractivity contribution in [2.45, 2.75) is 199 Å². The Hall–Kier alpha value is -5.23. The summed E-state index contributed by atoms with van der Waals surface area (Å²) in [5.74, 6) is -11.1. The number of rotatable bonds is 24. The number of primary amides is 1. The summed E-state index contributed by atoms with van der Waals surface area (Å²) in [4.78, 5) is 111. The topological polar surface area (TPSA) is 304 Å². The SMILES string of the molecule is CCC(C)C1NC(=O)C(NC(=O)CC(O)CCCCCCCCCCCCCC(C)=N)C2CC(C(=O)C(CC(N)=O)NC(=O)C(C(C)O)NC(=O)C(Cc3ccc(O)cc3)CC1=O)C(C)C(=O)O2. The molecule has 2 saturated heterocycles. The van der Waals surface area contributed by atoms with Crippen molar-refractivity contribution in [2.24, 2.45) is 29.4 Å². The lowest BCUT2D eigenvalue weighted by atomic mass is 9.78. The summed E-state index contributed by atoms with van der Waals surface area (Å²) in [5, 5.41) is 49.3. The average molecular weight is 955 g/mol. The van der Waals surface area contributed by atoms with E-state index in [1.165, 1.54) is 45.2 Å². The van der Waals surface area contributed by atoms with Crippen molar-refractivity contribution in [3.05, 3.63) is 29.8 Å². The molecule has 380 valence electrons. The number of phenols is 1. The number of carbonyl (C=O) groups is 8. The molecule has 0 aromatic heterocycles. The number of fused-ring (bicyclic) bond motifs is 2. The van der Waals surface area contributed by atoms with Gasteiger partial charge in [-0.05, 0) is 69.6 Å². The Morgan fingerprint density at radius 3 is 1.97 bits per heavy atom. The highest BCUT2D eigenvalue weighted by Gasteiger charge is 2.48. The lowest BCUT2D eigenvalue weighted by Crippen LogP contribution is -2.61. The van der Waals surface area contributed by atoms with Crippen LogP contribution in [0.1, 0.15) is 156 Å². The third-order valence-electron chi connectivity index (χ3n) is 13.3. The molecule has 0 aliphatic carbocycles. The number of aliphatic hydroxyl groups is 2. The predicted molar refractivity (Wildman–Crippen MR) is 254 cm³/mol. The molecule has 68 heavy (non-hydrogen) atoms. The van der Waals surface area contributed by atoms with E-state index >= 15 is 0 Å². The Morgan fingerprint density at radius 1 is 0.838 bits per heavy atom. The van der Waals surface area contributed by atoms with Crippen molar-refractivity contribution in [1.29, 1.82) is 5.41 Å². The molecule has 1 aromatic carbocycles. The van der Waals surface area contributed by atoms with Crippen LogP contribution in [0.2, 0.25) is 0 Å². The van der Waals surface area contributed by atoms with Gasteiger partial charge in [0, 0.05) is 24.0 Å². The van der Waals surface area contributed by atoms with Gasteiger partial charge in [-0.25, -0.2) is 0 Å². The number of unbranched alkanes of at least 4 members (excludes halogenated alkanes) is 10. The van der Waals surface area contributed by atoms with Crippen molar-refractivity contribution in [3.63, 3.8) is 0 Å². The lowest BCUT2D eigenvalue weighted by Gasteiger charge is -2.38. The molecule has 2 bridgehead atoms. The molecular formula is C50H78N6O12. The fourth-order valence-electron chi connectivity index (χ4n) is 8.91. The number of amides is 5. The van der Waals surface area contributed by atoms with E-state index in [0.29, 0.717) is 24.8 Å². The zero-order chi connectivity index (χ0) is 50.5. The maximum absolute atomic E-state index is 14.5. The molecule has 0 spiro atoms. The van der Waals surface area contributed by atoms with Crippen molar-refractivity contribution in [1.82, 2.24) is 21.3 Å². The summed E-state index contributed by atoms with van der Waals surface area (Å²) in [6, 6.07) is -0.395. The largest absolute Gasteiger partial charge is 0.508 e. The zero-order valence-electron chi connectivity index (χ0n) is 40.7. The fraction of sp³-hybridized carbons (Fsp3) is 0.700. The number of benzene rings is 1. The van der Waals surface area contributed by atoms with Crippen molar-refractivity contribution < 1.29 is 58.4 Å². The first-order chi connectivity index (χ1) is 32.2. The second kappa shape index (κ2) is 28.9. The number of carbonyl (C=O) groups excluding carboxylic acids is 8. The minimum absolute atomic E-state index is 0.0461. The summed E-state index contributed by atoms with van der Waals surface area (Å²) >= 11 is 0. The Labute approximate surface area is 400 Å². The van der Waals surface area contributed by atoms with E-state index in [0.717, 1.165) is 57.1 Å². The van der Waals surface area contributed by atoms with Gasteiger partial charge in [-0.2, -0.15) is 0 Å². The lowest BCUT2D eigenvalue weighted by molar-refractivity contribution is -0.171. The molecule has 0 radical (unpaired) electrons. The van der Waals surface area contributed by atoms with E-state index in [1.54, 1.807) is 26.0 Å². The minimum atomic E-state index is -1.69. The van der Waals surface area contributed by atoms with Crippen LogP contribution in [0.15, 0.2) is 24.3 Å². The van der Waals surface area contributed by atoms with Gasteiger partial charge in [0.15, 0.2) is 11.6 Å². The van der Waals surface area contributed by atoms with Crippen molar-refractivity contribution in [2.75, 3.05) is 0 Å². The van der Waals surface area contributed by atoms with E-state index in [2.05, 4.69) is 21.3 Å². The molecule has 18 heteroatoms. The number of hydrogen-bond donors (Lipinski definition) is 9. The number of nitrogens with one attached hydrogen (secondary N) is 5. The number of phenolic OH excluding ortho intramolecular Hbond substituents is 1. The van der Waals surface area contributed by atoms with Crippen LogP contribution in [0.5, 0.6) is 5.75 Å². The van der Waals surface area contributed by atoms with Crippen LogP contribution < -0.4 is 27.0 Å². The van der Waals surface area contributed by atoms with Crippen LogP contribution in [0.25, 0.3) is 0 Å². The van der Waals surface area contributed by atoms with E-state index in [1.807, 2.05) is 6.92 Å². The number of aromatic hydroxyl groups is 1. The van der Waals surface area contributed by atoms with Crippen LogP contribution in [-0.2, 0) is 49.5 Å². The molecule has 18 nitrogen and oxygen atoms in total. The Morgan fingerprint density at radius 2 is 1.41 bits per heavy atom. The first kappa shape index (κ1) is 57.1. The van der Waals surface area contributed by atoms with Gasteiger partial charge in [0.2, 0.25) is 29.5 Å². The quantitative estimate of drug-likeness (QED) is 0.0407. The predicted octanol–water partition coefficient (Wildman–Crippen LogP) is 3.76. The van der Waals surface area contributed by atoms with E-state index in [4.69, 9.17) is 15.9 Å². The Bertz CT molecular complexity index is 1870. The highest BCUT2D eigenvalue weighted by Crippen LogP contribution is 2.31. The molecule has 0 saturated carbocycles. The number of ketones is 2. The summed E-state index contributed by atoms with van der Waals surface area (Å²) in [7, 11) is 0. The average Bonchev–Trinajstić information content (AvgIpc) is 3.27. The van der Waals surface area contributed by atoms with E-state index in [9.17, 15) is 53.7 Å². The number of nitrogens with two attached hydrogens (primary N) is 1. The number of Topliss-reactive ketones (excluding diaryl/α,β-unsaturated/α-hetero) is 2. The van der Waals surface area contributed by atoms with E-state index < -0.39 is 132 Å². The maximum Gasteiger partial charge on any atom is 0.309 e. The zero-order valence-corrected chi connectivity index (χ0v) is 40.7.